The molecule has 0 aliphatic rings. The highest BCUT2D eigenvalue weighted by Crippen LogP contribution is 2.35. The summed E-state index contributed by atoms with van der Waals surface area (Å²) in [4.78, 5) is 0. The summed E-state index contributed by atoms with van der Waals surface area (Å²) in [5.41, 5.74) is 5.62. The molecule has 0 bridgehead atoms. The Bertz CT molecular complexity index is 829. The zero-order valence-electron chi connectivity index (χ0n) is 13.6. The monoisotopic (exact) mass is 316 g/mol. The first-order chi connectivity index (χ1) is 11.7. The quantitative estimate of drug-likeness (QED) is 0.627. The Hall–Kier alpha value is -3.00. The van der Waals surface area contributed by atoms with E-state index in [9.17, 15) is 10.2 Å². The summed E-state index contributed by atoms with van der Waals surface area (Å²) in [6.45, 7) is 2.13. The minimum Gasteiger partial charge on any atom is -0.508 e. The van der Waals surface area contributed by atoms with Crippen LogP contribution in [0, 0.1) is 0 Å². The maximum absolute atomic E-state index is 9.61. The van der Waals surface area contributed by atoms with E-state index >= 15 is 0 Å². The molecule has 0 fully saturated rings. The van der Waals surface area contributed by atoms with Crippen LogP contribution in [-0.4, -0.2) is 10.2 Å². The average molecular weight is 316 g/mol. The van der Waals surface area contributed by atoms with Crippen molar-refractivity contribution in [1.82, 2.24) is 0 Å². The summed E-state index contributed by atoms with van der Waals surface area (Å²) in [6.07, 6.45) is 0.857. The van der Waals surface area contributed by atoms with Gasteiger partial charge in [-0.2, -0.15) is 0 Å². The van der Waals surface area contributed by atoms with Crippen LogP contribution in [-0.2, 0) is 0 Å². The van der Waals surface area contributed by atoms with E-state index in [0.717, 1.165) is 28.7 Å². The molecule has 0 amide bonds. The molecule has 0 saturated heterocycles. The first-order valence-electron chi connectivity index (χ1n) is 8.06. The largest absolute Gasteiger partial charge is 0.508 e. The Kier molecular flexibility index (Phi) is 4.66. The van der Waals surface area contributed by atoms with Crippen LogP contribution in [0.25, 0.3) is 11.1 Å². The normalized spacial score (nSPS) is 11.9. The van der Waals surface area contributed by atoms with Crippen LogP contribution in [0.15, 0.2) is 78.9 Å². The second kappa shape index (κ2) is 7.05. The van der Waals surface area contributed by atoms with Gasteiger partial charge in [0.25, 0.3) is 0 Å². The SMILES string of the molecule is CC/C(=C(\c1ccccc1)c1ccc(O)cc1)c1ccc(O)cc1. The lowest BCUT2D eigenvalue weighted by atomic mass is 9.88. The lowest BCUT2D eigenvalue weighted by Gasteiger charge is -2.16. The molecule has 3 aromatic rings. The zero-order valence-corrected chi connectivity index (χ0v) is 13.6. The summed E-state index contributed by atoms with van der Waals surface area (Å²) in [7, 11) is 0. The van der Waals surface area contributed by atoms with Gasteiger partial charge in [-0.05, 0) is 58.5 Å². The van der Waals surface area contributed by atoms with Gasteiger partial charge in [-0.25, -0.2) is 0 Å². The molecule has 3 aromatic carbocycles. The third-order valence-electron chi connectivity index (χ3n) is 4.09. The minimum absolute atomic E-state index is 0.258. The van der Waals surface area contributed by atoms with E-state index in [4.69, 9.17) is 0 Å². The van der Waals surface area contributed by atoms with Crippen molar-refractivity contribution in [2.45, 2.75) is 13.3 Å². The predicted octanol–water partition coefficient (Wildman–Crippen LogP) is 5.47. The van der Waals surface area contributed by atoms with E-state index in [1.54, 1.807) is 24.3 Å². The van der Waals surface area contributed by atoms with Crippen LogP contribution >= 0.6 is 0 Å². The number of hydrogen-bond donors (Lipinski definition) is 2. The summed E-state index contributed by atoms with van der Waals surface area (Å²) >= 11 is 0. The van der Waals surface area contributed by atoms with Crippen molar-refractivity contribution in [1.29, 1.82) is 0 Å². The number of aromatic hydroxyl groups is 2. The number of benzene rings is 3. The van der Waals surface area contributed by atoms with Gasteiger partial charge < -0.3 is 10.2 Å². The van der Waals surface area contributed by atoms with Crippen LogP contribution in [0.5, 0.6) is 11.5 Å². The third-order valence-corrected chi connectivity index (χ3v) is 4.09. The van der Waals surface area contributed by atoms with Gasteiger partial charge in [-0.1, -0.05) is 61.5 Å². The average Bonchev–Trinajstić information content (AvgIpc) is 2.62. The Labute approximate surface area is 142 Å². The highest BCUT2D eigenvalue weighted by Gasteiger charge is 2.13. The first-order valence-corrected chi connectivity index (χ1v) is 8.06. The van der Waals surface area contributed by atoms with Gasteiger partial charge in [-0.3, -0.25) is 0 Å². The maximum Gasteiger partial charge on any atom is 0.115 e. The van der Waals surface area contributed by atoms with Crippen LogP contribution in [0.3, 0.4) is 0 Å². The molecule has 120 valence electrons. The van der Waals surface area contributed by atoms with Crippen LogP contribution in [0.4, 0.5) is 0 Å². The first kappa shape index (κ1) is 15.9. The Morgan fingerprint density at radius 3 is 1.58 bits per heavy atom. The van der Waals surface area contributed by atoms with Crippen molar-refractivity contribution in [2.75, 3.05) is 0 Å². The lowest BCUT2D eigenvalue weighted by molar-refractivity contribution is 0.474. The van der Waals surface area contributed by atoms with Crippen molar-refractivity contribution >= 4 is 11.1 Å². The molecule has 3 rings (SSSR count). The molecule has 0 radical (unpaired) electrons. The van der Waals surface area contributed by atoms with Crippen molar-refractivity contribution < 1.29 is 10.2 Å². The molecule has 24 heavy (non-hydrogen) atoms. The molecule has 2 heteroatoms. The Balaban J connectivity index is 2.25. The van der Waals surface area contributed by atoms with E-state index in [0.29, 0.717) is 0 Å². The summed E-state index contributed by atoms with van der Waals surface area (Å²) in [5, 5.41) is 19.2. The second-order valence-electron chi connectivity index (χ2n) is 5.67. The topological polar surface area (TPSA) is 40.5 Å². The van der Waals surface area contributed by atoms with E-state index in [2.05, 4.69) is 19.1 Å². The summed E-state index contributed by atoms with van der Waals surface area (Å²) < 4.78 is 0. The molecular formula is C22H20O2. The lowest BCUT2D eigenvalue weighted by Crippen LogP contribution is -1.94. The molecule has 0 aliphatic heterocycles. The van der Waals surface area contributed by atoms with E-state index in [1.807, 2.05) is 42.5 Å². The van der Waals surface area contributed by atoms with Gasteiger partial charge in [0.2, 0.25) is 0 Å². The fraction of sp³-hybridized carbons (Fsp3) is 0.0909. The highest BCUT2D eigenvalue weighted by molar-refractivity contribution is 5.98. The fourth-order valence-electron chi connectivity index (χ4n) is 2.94. The molecule has 0 atom stereocenters. The zero-order chi connectivity index (χ0) is 16.9. The van der Waals surface area contributed by atoms with Crippen LogP contribution in [0.2, 0.25) is 0 Å². The van der Waals surface area contributed by atoms with E-state index in [1.165, 1.54) is 5.57 Å². The second-order valence-corrected chi connectivity index (χ2v) is 5.67. The van der Waals surface area contributed by atoms with E-state index in [-0.39, 0.29) is 11.5 Å². The Morgan fingerprint density at radius 1 is 0.625 bits per heavy atom. The molecule has 0 aliphatic carbocycles. The molecule has 0 heterocycles. The van der Waals surface area contributed by atoms with Gasteiger partial charge in [-0.15, -0.1) is 0 Å². The van der Waals surface area contributed by atoms with Crippen molar-refractivity contribution in [3.05, 3.63) is 95.6 Å². The minimum atomic E-state index is 0.258. The number of phenols is 2. The van der Waals surface area contributed by atoms with Gasteiger partial charge in [0.05, 0.1) is 0 Å². The van der Waals surface area contributed by atoms with Gasteiger partial charge in [0.15, 0.2) is 0 Å². The predicted molar refractivity (Wildman–Crippen MR) is 98.9 cm³/mol. The number of rotatable bonds is 4. The maximum atomic E-state index is 9.61. The van der Waals surface area contributed by atoms with Crippen molar-refractivity contribution in [3.63, 3.8) is 0 Å². The molecule has 0 saturated carbocycles. The van der Waals surface area contributed by atoms with Crippen molar-refractivity contribution in [2.24, 2.45) is 0 Å². The molecule has 0 aromatic heterocycles. The molecule has 2 N–H and O–H groups in total. The van der Waals surface area contributed by atoms with Crippen LogP contribution in [0.1, 0.15) is 30.0 Å². The highest BCUT2D eigenvalue weighted by atomic mass is 16.3. The number of allylic oxidation sites excluding steroid dienone is 1. The number of hydrogen-bond acceptors (Lipinski definition) is 2. The Morgan fingerprint density at radius 2 is 1.08 bits per heavy atom. The van der Waals surface area contributed by atoms with Gasteiger partial charge in [0, 0.05) is 0 Å². The number of phenolic OH excluding ortho intramolecular Hbond substituents is 2. The van der Waals surface area contributed by atoms with E-state index < -0.39 is 0 Å². The molecular weight excluding hydrogens is 296 g/mol. The smallest absolute Gasteiger partial charge is 0.115 e. The summed E-state index contributed by atoms with van der Waals surface area (Å²) in [5.74, 6) is 0.522. The molecule has 0 unspecified atom stereocenters. The fourth-order valence-corrected chi connectivity index (χ4v) is 2.94. The standard InChI is InChI=1S/C22H20O2/c1-2-21(16-8-12-19(23)13-9-16)22(17-6-4-3-5-7-17)18-10-14-20(24)15-11-18/h3-15,23-24H,2H2,1H3/b22-21-. The van der Waals surface area contributed by atoms with Gasteiger partial charge >= 0.3 is 0 Å². The third kappa shape index (κ3) is 3.33. The summed E-state index contributed by atoms with van der Waals surface area (Å²) in [6, 6.07) is 24.9. The molecule has 0 spiro atoms. The van der Waals surface area contributed by atoms with Gasteiger partial charge in [0.1, 0.15) is 11.5 Å². The van der Waals surface area contributed by atoms with Crippen LogP contribution < -0.4 is 0 Å². The molecule has 2 nitrogen and oxygen atoms in total. The van der Waals surface area contributed by atoms with Crippen molar-refractivity contribution in [3.8, 4) is 11.5 Å².